The zero-order valence-corrected chi connectivity index (χ0v) is 19.6. The maximum atomic E-state index is 14.0. The maximum Gasteiger partial charge on any atom is 0.325 e. The molecule has 4 atom stereocenters. The Morgan fingerprint density at radius 2 is 1.66 bits per heavy atom. The zero-order chi connectivity index (χ0) is 24.7. The molecular formula is C27H23ClN2O5. The summed E-state index contributed by atoms with van der Waals surface area (Å²) >= 11 is 6.50. The van der Waals surface area contributed by atoms with E-state index < -0.39 is 41.2 Å². The Morgan fingerprint density at radius 3 is 2.34 bits per heavy atom. The first-order valence-corrected chi connectivity index (χ1v) is 11.6. The van der Waals surface area contributed by atoms with Crippen LogP contribution < -0.4 is 15.0 Å². The molecule has 0 spiro atoms. The summed E-state index contributed by atoms with van der Waals surface area (Å²) in [7, 11) is 1.45. The summed E-state index contributed by atoms with van der Waals surface area (Å²) in [6.07, 6.45) is 0.0179. The van der Waals surface area contributed by atoms with E-state index in [1.807, 2.05) is 30.3 Å². The summed E-state index contributed by atoms with van der Waals surface area (Å²) in [5.41, 5.74) is -0.129. The third-order valence-electron chi connectivity index (χ3n) is 6.93. The lowest BCUT2D eigenvalue weighted by atomic mass is 9.76. The van der Waals surface area contributed by atoms with E-state index >= 15 is 0 Å². The van der Waals surface area contributed by atoms with Crippen LogP contribution in [-0.2, 0) is 20.8 Å². The van der Waals surface area contributed by atoms with Crippen molar-refractivity contribution >= 4 is 35.1 Å². The first kappa shape index (κ1) is 23.1. The van der Waals surface area contributed by atoms with Gasteiger partial charge < -0.3 is 9.84 Å². The SMILES string of the molecule is COc1ccccc1N1C(=O)[C@@H]2[C@H](c3ccccc3Cl)N[C@](Cc3ccccc3)(C(=O)O)[C@H]2C1=O. The fourth-order valence-corrected chi connectivity index (χ4v) is 5.66. The number of halogens is 1. The van der Waals surface area contributed by atoms with Crippen LogP contribution in [0.25, 0.3) is 0 Å². The predicted molar refractivity (Wildman–Crippen MR) is 130 cm³/mol. The number of carbonyl (C=O) groups is 3. The summed E-state index contributed by atoms with van der Waals surface area (Å²) < 4.78 is 5.40. The molecule has 2 amide bonds. The fourth-order valence-electron chi connectivity index (χ4n) is 5.40. The van der Waals surface area contributed by atoms with E-state index in [0.717, 1.165) is 10.5 Å². The lowest BCUT2D eigenvalue weighted by Crippen LogP contribution is -2.57. The van der Waals surface area contributed by atoms with E-state index in [-0.39, 0.29) is 12.1 Å². The fraction of sp³-hybridized carbons (Fsp3) is 0.222. The van der Waals surface area contributed by atoms with E-state index in [1.165, 1.54) is 7.11 Å². The van der Waals surface area contributed by atoms with Crippen LogP contribution in [0, 0.1) is 11.8 Å². The van der Waals surface area contributed by atoms with Crippen molar-refractivity contribution in [2.45, 2.75) is 18.0 Å². The Labute approximate surface area is 207 Å². The average molecular weight is 491 g/mol. The molecule has 5 rings (SSSR count). The molecule has 0 unspecified atom stereocenters. The molecule has 0 saturated carbocycles. The number of nitrogens with one attached hydrogen (secondary N) is 1. The van der Waals surface area contributed by atoms with Crippen LogP contribution in [0.4, 0.5) is 5.69 Å². The molecule has 3 aromatic carbocycles. The number of carbonyl (C=O) groups excluding carboxylic acids is 2. The van der Waals surface area contributed by atoms with Crippen LogP contribution in [0.1, 0.15) is 17.2 Å². The molecule has 0 aromatic heterocycles. The number of ether oxygens (including phenoxy) is 1. The third-order valence-corrected chi connectivity index (χ3v) is 7.27. The number of hydrogen-bond donors (Lipinski definition) is 2. The second kappa shape index (κ2) is 8.83. The average Bonchev–Trinajstić information content (AvgIpc) is 3.34. The van der Waals surface area contributed by atoms with Crippen molar-refractivity contribution in [2.24, 2.45) is 11.8 Å². The topological polar surface area (TPSA) is 95.9 Å². The van der Waals surface area contributed by atoms with E-state index in [1.54, 1.807) is 48.5 Å². The maximum absolute atomic E-state index is 14.0. The van der Waals surface area contributed by atoms with E-state index in [2.05, 4.69) is 5.32 Å². The predicted octanol–water partition coefficient (Wildman–Crippen LogP) is 3.86. The lowest BCUT2D eigenvalue weighted by Gasteiger charge is -2.31. The van der Waals surface area contributed by atoms with Gasteiger partial charge >= 0.3 is 5.97 Å². The van der Waals surface area contributed by atoms with Crippen LogP contribution in [0.5, 0.6) is 5.75 Å². The highest BCUT2D eigenvalue weighted by atomic mass is 35.5. The highest BCUT2D eigenvalue weighted by molar-refractivity contribution is 6.31. The van der Waals surface area contributed by atoms with Gasteiger partial charge in [0.25, 0.3) is 0 Å². The van der Waals surface area contributed by atoms with Gasteiger partial charge in [0.1, 0.15) is 11.3 Å². The Morgan fingerprint density at radius 1 is 1.00 bits per heavy atom. The molecular weight excluding hydrogens is 468 g/mol. The summed E-state index contributed by atoms with van der Waals surface area (Å²) in [6.45, 7) is 0. The molecule has 3 aromatic rings. The number of anilines is 1. The molecule has 178 valence electrons. The van der Waals surface area contributed by atoms with Gasteiger partial charge in [0.2, 0.25) is 11.8 Å². The van der Waals surface area contributed by atoms with E-state index in [9.17, 15) is 19.5 Å². The second-order valence-electron chi connectivity index (χ2n) is 8.77. The van der Waals surface area contributed by atoms with Crippen molar-refractivity contribution in [3.05, 3.63) is 95.0 Å². The highest BCUT2D eigenvalue weighted by Crippen LogP contribution is 2.52. The molecule has 8 heteroatoms. The Bertz CT molecular complexity index is 1310. The molecule has 35 heavy (non-hydrogen) atoms. The third kappa shape index (κ3) is 3.59. The van der Waals surface area contributed by atoms with Crippen LogP contribution in [0.3, 0.4) is 0 Å². The van der Waals surface area contributed by atoms with Gasteiger partial charge in [-0.25, -0.2) is 4.90 Å². The van der Waals surface area contributed by atoms with Gasteiger partial charge in [0.05, 0.1) is 24.6 Å². The Kier molecular flexibility index (Phi) is 5.83. The van der Waals surface area contributed by atoms with Crippen molar-refractivity contribution in [3.8, 4) is 5.75 Å². The number of nitrogens with zero attached hydrogens (tertiary/aromatic N) is 1. The molecule has 0 aliphatic carbocycles. The number of carboxylic acid groups (broad SMARTS) is 1. The first-order chi connectivity index (χ1) is 16.9. The molecule has 2 fully saturated rings. The molecule has 2 heterocycles. The van der Waals surface area contributed by atoms with Gasteiger partial charge in [0.15, 0.2) is 0 Å². The minimum atomic E-state index is -1.72. The normalized spacial score (nSPS) is 25.5. The minimum absolute atomic E-state index is 0.0179. The number of carboxylic acids is 1. The van der Waals surface area contributed by atoms with Gasteiger partial charge in [-0.1, -0.05) is 72.3 Å². The van der Waals surface area contributed by atoms with Crippen molar-refractivity contribution in [3.63, 3.8) is 0 Å². The molecule has 7 nitrogen and oxygen atoms in total. The zero-order valence-electron chi connectivity index (χ0n) is 18.9. The van der Waals surface area contributed by atoms with Gasteiger partial charge in [0, 0.05) is 17.5 Å². The number of imide groups is 1. The largest absolute Gasteiger partial charge is 0.495 e. The van der Waals surface area contributed by atoms with Crippen molar-refractivity contribution in [1.29, 1.82) is 0 Å². The standard InChI is InChI=1S/C27H23ClN2O5/c1-35-20-14-8-7-13-19(20)30-24(31)21-22(25(30)32)27(26(33)34,15-16-9-3-2-4-10-16)29-23(21)17-11-5-6-12-18(17)28/h2-14,21-23,29H,15H2,1H3,(H,33,34)/t21-,22+,23-,27-/m0/s1. The minimum Gasteiger partial charge on any atom is -0.495 e. The van der Waals surface area contributed by atoms with Crippen molar-refractivity contribution in [1.82, 2.24) is 5.32 Å². The number of para-hydroxylation sites is 2. The smallest absolute Gasteiger partial charge is 0.325 e. The van der Waals surface area contributed by atoms with E-state index in [4.69, 9.17) is 16.3 Å². The number of benzene rings is 3. The van der Waals surface area contributed by atoms with Gasteiger partial charge in [-0.15, -0.1) is 0 Å². The van der Waals surface area contributed by atoms with Gasteiger partial charge in [-0.05, 0) is 29.3 Å². The summed E-state index contributed by atoms with van der Waals surface area (Å²) in [5.74, 6) is -4.04. The number of fused-ring (bicyclic) bond motifs is 1. The molecule has 2 N–H and O–H groups in total. The van der Waals surface area contributed by atoms with Crippen molar-refractivity contribution < 1.29 is 24.2 Å². The van der Waals surface area contributed by atoms with Gasteiger partial charge in [-0.2, -0.15) is 0 Å². The number of methoxy groups -OCH3 is 1. The molecule has 2 saturated heterocycles. The summed E-state index contributed by atoms with van der Waals surface area (Å²) in [4.78, 5) is 41.9. The number of aliphatic carboxylic acids is 1. The molecule has 0 radical (unpaired) electrons. The first-order valence-electron chi connectivity index (χ1n) is 11.2. The summed E-state index contributed by atoms with van der Waals surface area (Å²) in [6, 6.07) is 22.0. The molecule has 0 bridgehead atoms. The van der Waals surface area contributed by atoms with Crippen molar-refractivity contribution in [2.75, 3.05) is 12.0 Å². The summed E-state index contributed by atoms with van der Waals surface area (Å²) in [5, 5.41) is 14.1. The monoisotopic (exact) mass is 490 g/mol. The second-order valence-corrected chi connectivity index (χ2v) is 9.18. The van der Waals surface area contributed by atoms with Crippen LogP contribution in [-0.4, -0.2) is 35.5 Å². The van der Waals surface area contributed by atoms with Crippen LogP contribution in [0.2, 0.25) is 5.02 Å². The van der Waals surface area contributed by atoms with E-state index in [0.29, 0.717) is 16.3 Å². The highest BCUT2D eigenvalue weighted by Gasteiger charge is 2.69. The molecule has 2 aliphatic rings. The number of rotatable bonds is 6. The number of amides is 2. The Balaban J connectivity index is 1.69. The lowest BCUT2D eigenvalue weighted by molar-refractivity contribution is -0.148. The quantitative estimate of drug-likeness (QED) is 0.509. The number of hydrogen-bond acceptors (Lipinski definition) is 5. The Hall–Kier alpha value is -3.68. The van der Waals surface area contributed by atoms with Crippen LogP contribution >= 0.6 is 11.6 Å². The molecule has 2 aliphatic heterocycles. The van der Waals surface area contributed by atoms with Crippen LogP contribution in [0.15, 0.2) is 78.9 Å². The van der Waals surface area contributed by atoms with Gasteiger partial charge in [-0.3, -0.25) is 19.7 Å².